The third kappa shape index (κ3) is 6.76. The van der Waals surface area contributed by atoms with Gasteiger partial charge in [0.15, 0.2) is 0 Å². The van der Waals surface area contributed by atoms with Crippen molar-refractivity contribution in [3.63, 3.8) is 0 Å². The average molecular weight is 178 g/mol. The molecule has 0 atom stereocenters. The van der Waals surface area contributed by atoms with Gasteiger partial charge in [0, 0.05) is 17.1 Å². The summed E-state index contributed by atoms with van der Waals surface area (Å²) in [7, 11) is -0.150. The molecular weight excluding hydrogens is 169 g/mol. The summed E-state index contributed by atoms with van der Waals surface area (Å²) in [6.45, 7) is 0. The molecule has 0 saturated heterocycles. The van der Waals surface area contributed by atoms with Gasteiger partial charge in [-0.1, -0.05) is 12.2 Å². The topological polar surface area (TPSA) is 26.0 Å². The zero-order valence-corrected chi connectivity index (χ0v) is 7.20. The Hall–Kier alpha value is 0.759. The van der Waals surface area contributed by atoms with Crippen LogP contribution in [0.15, 0.2) is 0 Å². The molecule has 7 heavy (non-hydrogen) atoms. The Kier molecular flexibility index (Phi) is 7.49. The molecule has 0 bridgehead atoms. The molecule has 1 nitrogen and oxygen atoms in total. The van der Waals surface area contributed by atoms with Crippen molar-refractivity contribution >= 4 is 27.4 Å². The van der Waals surface area contributed by atoms with E-state index in [1.54, 1.807) is 0 Å². The monoisotopic (exact) mass is 178 g/mol. The Morgan fingerprint density at radius 1 is 1.57 bits per heavy atom. The second-order valence-electron chi connectivity index (χ2n) is 1.23. The zero-order chi connectivity index (χ0) is 5.15. The van der Waals surface area contributed by atoms with Gasteiger partial charge >= 0.3 is 0 Å². The van der Waals surface area contributed by atoms with E-state index >= 15 is 0 Å². The van der Waals surface area contributed by atoms with Crippen LogP contribution in [0.4, 0.5) is 0 Å². The largest absolute Gasteiger partial charge is 0.386 e. The molecular formula is C3H9MnNS2. The molecule has 0 aromatic carbocycles. The molecule has 0 fully saturated rings. The van der Waals surface area contributed by atoms with Gasteiger partial charge in [-0.3, -0.25) is 0 Å². The number of nitrogens with two attached hydrogens (primary N) is 1. The molecule has 45 valence electrons. The number of thiol groups is 1. The second-order valence-corrected chi connectivity index (χ2v) is 4.25. The van der Waals surface area contributed by atoms with Crippen molar-refractivity contribution in [3.8, 4) is 0 Å². The fraction of sp³-hybridized carbons (Fsp3) is 0.667. The van der Waals surface area contributed by atoms with Crippen LogP contribution >= 0.6 is 23.1 Å². The predicted molar refractivity (Wildman–Crippen MR) is 37.6 cm³/mol. The van der Waals surface area contributed by atoms with Crippen LogP contribution in [0.1, 0.15) is 0 Å². The molecule has 0 heterocycles. The number of rotatable bonds is 0. The SMILES string of the molecule is C[SH](C)C(N)=S.[Mn]. The minimum absolute atomic E-state index is 0. The van der Waals surface area contributed by atoms with Crippen LogP contribution in [-0.4, -0.2) is 16.8 Å². The van der Waals surface area contributed by atoms with Crippen LogP contribution in [0.2, 0.25) is 0 Å². The van der Waals surface area contributed by atoms with Crippen LogP contribution in [-0.2, 0) is 17.1 Å². The first-order chi connectivity index (χ1) is 2.64. The van der Waals surface area contributed by atoms with Crippen LogP contribution in [0.3, 0.4) is 0 Å². The molecule has 0 aromatic heterocycles. The maximum atomic E-state index is 5.20. The Balaban J connectivity index is 0. The van der Waals surface area contributed by atoms with E-state index in [1.807, 2.05) is 12.5 Å². The molecule has 0 unspecified atom stereocenters. The first-order valence-electron chi connectivity index (χ1n) is 1.61. The fourth-order valence-electron chi connectivity index (χ4n) is 0. The molecule has 0 aliphatic heterocycles. The van der Waals surface area contributed by atoms with E-state index in [4.69, 9.17) is 5.73 Å². The Labute approximate surface area is 62.9 Å². The Morgan fingerprint density at radius 2 is 1.71 bits per heavy atom. The minimum atomic E-state index is -0.150. The van der Waals surface area contributed by atoms with E-state index in [0.29, 0.717) is 4.32 Å². The van der Waals surface area contributed by atoms with Gasteiger partial charge in [0.25, 0.3) is 0 Å². The predicted octanol–water partition coefficient (Wildman–Crippen LogP) is 0.488. The van der Waals surface area contributed by atoms with Crippen molar-refractivity contribution in [1.82, 2.24) is 0 Å². The Bertz CT molecular complexity index is 64.0. The van der Waals surface area contributed by atoms with Crippen LogP contribution in [0.25, 0.3) is 0 Å². The van der Waals surface area contributed by atoms with Gasteiger partial charge in [-0.2, -0.15) is 0 Å². The molecule has 1 radical (unpaired) electrons. The normalized spacial score (nSPS) is 9.14. The standard InChI is InChI=1S/C3H9NS2.Mn/c1-6(2)3(4)5;/h6H,1-2H3,(H2,4,5);. The molecule has 0 aromatic rings. The van der Waals surface area contributed by atoms with Crippen molar-refractivity contribution in [3.05, 3.63) is 0 Å². The first-order valence-corrected chi connectivity index (χ1v) is 4.26. The molecule has 0 aliphatic carbocycles. The molecule has 0 saturated carbocycles. The number of thiocarbonyl (C=S) groups is 1. The summed E-state index contributed by atoms with van der Waals surface area (Å²) in [4.78, 5) is 0. The summed E-state index contributed by atoms with van der Waals surface area (Å²) >= 11 is 4.63. The first kappa shape index (κ1) is 10.7. The van der Waals surface area contributed by atoms with E-state index in [0.717, 1.165) is 0 Å². The van der Waals surface area contributed by atoms with E-state index < -0.39 is 0 Å². The number of hydrogen-bond donors (Lipinski definition) is 2. The van der Waals surface area contributed by atoms with Crippen molar-refractivity contribution in [1.29, 1.82) is 0 Å². The average Bonchev–Trinajstić information content (AvgIpc) is 1.36. The van der Waals surface area contributed by atoms with Crippen LogP contribution < -0.4 is 5.73 Å². The van der Waals surface area contributed by atoms with E-state index in [-0.39, 0.29) is 28.0 Å². The van der Waals surface area contributed by atoms with Crippen LogP contribution in [0, 0.1) is 0 Å². The van der Waals surface area contributed by atoms with Gasteiger partial charge in [-0.05, 0) is 12.5 Å². The summed E-state index contributed by atoms with van der Waals surface area (Å²) in [6, 6.07) is 0. The summed E-state index contributed by atoms with van der Waals surface area (Å²) in [6.07, 6.45) is 4.08. The third-order valence-corrected chi connectivity index (χ3v) is 2.42. The van der Waals surface area contributed by atoms with E-state index in [1.165, 1.54) is 0 Å². The number of hydrogen-bond acceptors (Lipinski definition) is 1. The minimum Gasteiger partial charge on any atom is -0.386 e. The zero-order valence-electron chi connectivity index (χ0n) is 4.31. The molecule has 0 rings (SSSR count). The molecule has 0 spiro atoms. The van der Waals surface area contributed by atoms with Gasteiger partial charge in [0.2, 0.25) is 0 Å². The van der Waals surface area contributed by atoms with Gasteiger partial charge in [-0.15, -0.1) is 0 Å². The molecule has 0 amide bonds. The van der Waals surface area contributed by atoms with E-state index in [9.17, 15) is 0 Å². The smallest absolute Gasteiger partial charge is 0.110 e. The van der Waals surface area contributed by atoms with Crippen molar-refractivity contribution in [2.75, 3.05) is 12.5 Å². The van der Waals surface area contributed by atoms with Crippen LogP contribution in [0.5, 0.6) is 0 Å². The molecule has 4 heteroatoms. The summed E-state index contributed by atoms with van der Waals surface area (Å²) in [5, 5.41) is 0. The van der Waals surface area contributed by atoms with Crippen molar-refractivity contribution < 1.29 is 17.1 Å². The van der Waals surface area contributed by atoms with Crippen molar-refractivity contribution in [2.24, 2.45) is 5.73 Å². The van der Waals surface area contributed by atoms with Gasteiger partial charge in [0.1, 0.15) is 4.32 Å². The molecule has 2 N–H and O–H groups in total. The van der Waals surface area contributed by atoms with E-state index in [2.05, 4.69) is 12.2 Å². The summed E-state index contributed by atoms with van der Waals surface area (Å²) in [5.74, 6) is 0. The summed E-state index contributed by atoms with van der Waals surface area (Å²) in [5.41, 5.74) is 5.20. The summed E-state index contributed by atoms with van der Waals surface area (Å²) < 4.78 is 0.657. The fourth-order valence-corrected chi connectivity index (χ4v) is 0. The maximum absolute atomic E-state index is 5.20. The van der Waals surface area contributed by atoms with Gasteiger partial charge in [0.05, 0.1) is 0 Å². The van der Waals surface area contributed by atoms with Gasteiger partial charge in [-0.25, -0.2) is 10.9 Å². The quantitative estimate of drug-likeness (QED) is 0.321. The third-order valence-electron chi connectivity index (χ3n) is 0.441. The van der Waals surface area contributed by atoms with Gasteiger partial charge < -0.3 is 5.73 Å². The van der Waals surface area contributed by atoms with Crippen molar-refractivity contribution in [2.45, 2.75) is 0 Å². The maximum Gasteiger partial charge on any atom is 0.110 e. The second kappa shape index (κ2) is 4.91. The molecule has 0 aliphatic rings. The Morgan fingerprint density at radius 3 is 1.71 bits per heavy atom.